The van der Waals surface area contributed by atoms with E-state index in [0.29, 0.717) is 0 Å². The molecule has 1 heterocycles. The van der Waals surface area contributed by atoms with Gasteiger partial charge in [0.2, 0.25) is 0 Å². The van der Waals surface area contributed by atoms with Crippen LogP contribution in [0.2, 0.25) is 0 Å². The average molecular weight is 408 g/mol. The van der Waals surface area contributed by atoms with Gasteiger partial charge in [-0.1, -0.05) is 0 Å². The van der Waals surface area contributed by atoms with E-state index in [1.165, 1.54) is 12.1 Å². The molecule has 0 radical (unpaired) electrons. The maximum atomic E-state index is 10.9. The lowest BCUT2D eigenvalue weighted by Gasteiger charge is -2.37. The summed E-state index contributed by atoms with van der Waals surface area (Å²) in [6, 6.07) is 4.64. The molecule has 1 aliphatic heterocycles. The number of non-ortho nitro benzene ring substituents is 1. The summed E-state index contributed by atoms with van der Waals surface area (Å²) >= 11 is 3.81. The van der Waals surface area contributed by atoms with Gasteiger partial charge < -0.3 is 10.0 Å². The quantitative estimate of drug-likeness (QED) is 0.469. The molecule has 1 atom stereocenters. The first-order valence-corrected chi connectivity index (χ1v) is 8.22. The maximum absolute atomic E-state index is 10.9. The van der Waals surface area contributed by atoms with Crippen molar-refractivity contribution in [2.45, 2.75) is 12.5 Å². The van der Waals surface area contributed by atoms with Gasteiger partial charge in [0.15, 0.2) is 0 Å². The molecule has 0 aliphatic carbocycles. The molecule has 8 heteroatoms. The zero-order valence-corrected chi connectivity index (χ0v) is 13.5. The standard InChI is InChI=1S/C12H13IN2O4S/c13-10-5-8(15(18)19)1-2-11(10)14-3-4-20-7-9(14)6-12(16)17/h1-2,5,9H,3-4,6-7H2,(H,16,17). The van der Waals surface area contributed by atoms with Gasteiger partial charge >= 0.3 is 5.97 Å². The van der Waals surface area contributed by atoms with E-state index in [2.05, 4.69) is 27.5 Å². The van der Waals surface area contributed by atoms with E-state index in [1.54, 1.807) is 17.8 Å². The van der Waals surface area contributed by atoms with Crippen molar-refractivity contribution in [3.8, 4) is 0 Å². The van der Waals surface area contributed by atoms with Gasteiger partial charge in [0.1, 0.15) is 0 Å². The molecular weight excluding hydrogens is 395 g/mol. The highest BCUT2D eigenvalue weighted by atomic mass is 127. The van der Waals surface area contributed by atoms with Crippen LogP contribution in [0.15, 0.2) is 18.2 Å². The molecule has 0 bridgehead atoms. The summed E-state index contributed by atoms with van der Waals surface area (Å²) in [6.45, 7) is 0.760. The number of benzene rings is 1. The number of carboxylic acids is 1. The molecular formula is C12H13IN2O4S. The molecule has 6 nitrogen and oxygen atoms in total. The van der Waals surface area contributed by atoms with Gasteiger partial charge in [-0.2, -0.15) is 11.8 Å². The highest BCUT2D eigenvalue weighted by molar-refractivity contribution is 14.1. The largest absolute Gasteiger partial charge is 0.481 e. The van der Waals surface area contributed by atoms with Crippen LogP contribution in [0.1, 0.15) is 6.42 Å². The van der Waals surface area contributed by atoms with Crippen molar-refractivity contribution in [2.75, 3.05) is 23.0 Å². The first-order valence-electron chi connectivity index (χ1n) is 5.99. The van der Waals surface area contributed by atoms with Crippen LogP contribution in [0.3, 0.4) is 0 Å². The fourth-order valence-corrected chi connectivity index (χ4v) is 4.06. The Hall–Kier alpha value is -1.03. The first-order chi connectivity index (χ1) is 9.49. The Morgan fingerprint density at radius 2 is 2.35 bits per heavy atom. The van der Waals surface area contributed by atoms with Crippen molar-refractivity contribution in [2.24, 2.45) is 0 Å². The fraction of sp³-hybridized carbons (Fsp3) is 0.417. The maximum Gasteiger partial charge on any atom is 0.305 e. The van der Waals surface area contributed by atoms with E-state index >= 15 is 0 Å². The van der Waals surface area contributed by atoms with Crippen molar-refractivity contribution in [3.05, 3.63) is 31.9 Å². The lowest BCUT2D eigenvalue weighted by atomic mass is 10.1. The van der Waals surface area contributed by atoms with Crippen molar-refractivity contribution < 1.29 is 14.8 Å². The number of aliphatic carboxylic acids is 1. The number of nitro groups is 1. The van der Waals surface area contributed by atoms with E-state index in [9.17, 15) is 14.9 Å². The number of nitrogens with zero attached hydrogens (tertiary/aromatic N) is 2. The summed E-state index contributed by atoms with van der Waals surface area (Å²) in [5.41, 5.74) is 0.932. The van der Waals surface area contributed by atoms with Crippen LogP contribution in [0.4, 0.5) is 11.4 Å². The molecule has 108 valence electrons. The van der Waals surface area contributed by atoms with E-state index in [0.717, 1.165) is 27.3 Å². The second kappa shape index (κ2) is 6.61. The van der Waals surface area contributed by atoms with Crippen molar-refractivity contribution in [3.63, 3.8) is 0 Å². The van der Waals surface area contributed by atoms with E-state index in [-0.39, 0.29) is 18.2 Å². The molecule has 1 saturated heterocycles. The van der Waals surface area contributed by atoms with Gasteiger partial charge in [0, 0.05) is 39.8 Å². The number of anilines is 1. The number of hydrogen-bond acceptors (Lipinski definition) is 5. The molecule has 0 aromatic heterocycles. The molecule has 1 N–H and O–H groups in total. The van der Waals surface area contributed by atoms with Gasteiger partial charge in [-0.25, -0.2) is 0 Å². The second-order valence-electron chi connectivity index (χ2n) is 4.41. The highest BCUT2D eigenvalue weighted by Crippen LogP contribution is 2.31. The third-order valence-corrected chi connectivity index (χ3v) is 5.05. The average Bonchev–Trinajstić information content (AvgIpc) is 2.39. The number of thioether (sulfide) groups is 1. The lowest BCUT2D eigenvalue weighted by Crippen LogP contribution is -2.44. The summed E-state index contributed by atoms with van der Waals surface area (Å²) in [5.74, 6) is 0.877. The van der Waals surface area contributed by atoms with Crippen LogP contribution >= 0.6 is 34.4 Å². The zero-order valence-electron chi connectivity index (χ0n) is 10.5. The minimum atomic E-state index is -0.820. The molecule has 0 amide bonds. The van der Waals surface area contributed by atoms with Crippen molar-refractivity contribution >= 4 is 51.7 Å². The topological polar surface area (TPSA) is 83.7 Å². The van der Waals surface area contributed by atoms with Crippen molar-refractivity contribution in [1.29, 1.82) is 0 Å². The van der Waals surface area contributed by atoms with E-state index in [1.807, 2.05) is 0 Å². The predicted molar refractivity (Wildman–Crippen MR) is 86.5 cm³/mol. The van der Waals surface area contributed by atoms with Crippen molar-refractivity contribution in [1.82, 2.24) is 0 Å². The number of carboxylic acid groups (broad SMARTS) is 1. The minimum Gasteiger partial charge on any atom is -0.481 e. The van der Waals surface area contributed by atoms with E-state index in [4.69, 9.17) is 5.11 Å². The summed E-state index contributed by atoms with van der Waals surface area (Å²) in [5, 5.41) is 19.7. The van der Waals surface area contributed by atoms with Crippen LogP contribution in [-0.4, -0.2) is 40.1 Å². The van der Waals surface area contributed by atoms with Gasteiger partial charge in [-0.05, 0) is 28.7 Å². The molecule has 1 aromatic rings. The molecule has 1 unspecified atom stereocenters. The predicted octanol–water partition coefficient (Wildman–Crippen LogP) is 2.60. The number of nitro benzene ring substituents is 1. The summed E-state index contributed by atoms with van der Waals surface area (Å²) < 4.78 is 0.777. The Morgan fingerprint density at radius 1 is 1.60 bits per heavy atom. The Bertz CT molecular complexity index is 540. The van der Waals surface area contributed by atoms with Crippen LogP contribution in [0.25, 0.3) is 0 Å². The van der Waals surface area contributed by atoms with Gasteiger partial charge in [-0.3, -0.25) is 14.9 Å². The minimum absolute atomic E-state index is 0.0549. The third kappa shape index (κ3) is 3.54. The molecule has 0 spiro atoms. The fourth-order valence-electron chi connectivity index (χ4n) is 2.18. The molecule has 1 aliphatic rings. The van der Waals surface area contributed by atoms with Gasteiger partial charge in [0.25, 0.3) is 5.69 Å². The molecule has 1 aromatic carbocycles. The number of halogens is 1. The Kier molecular flexibility index (Phi) is 5.08. The van der Waals surface area contributed by atoms with Crippen LogP contribution in [-0.2, 0) is 4.79 Å². The Morgan fingerprint density at radius 3 is 2.95 bits per heavy atom. The summed E-state index contributed by atoms with van der Waals surface area (Å²) in [6.07, 6.45) is 0.0834. The molecule has 2 rings (SSSR count). The Balaban J connectivity index is 2.27. The molecule has 0 saturated carbocycles. The van der Waals surface area contributed by atoms with Gasteiger partial charge in [-0.15, -0.1) is 0 Å². The third-order valence-electron chi connectivity index (χ3n) is 3.09. The molecule has 1 fully saturated rings. The van der Waals surface area contributed by atoms with Gasteiger partial charge in [0.05, 0.1) is 17.0 Å². The lowest BCUT2D eigenvalue weighted by molar-refractivity contribution is -0.384. The Labute approximate surface area is 133 Å². The number of rotatable bonds is 4. The highest BCUT2D eigenvalue weighted by Gasteiger charge is 2.27. The molecule has 20 heavy (non-hydrogen) atoms. The first kappa shape index (κ1) is 15.4. The SMILES string of the molecule is O=C(O)CC1CSCCN1c1ccc([N+](=O)[O-])cc1I. The summed E-state index contributed by atoms with van der Waals surface area (Å²) in [4.78, 5) is 23.3. The monoisotopic (exact) mass is 408 g/mol. The normalized spacial score (nSPS) is 18.9. The summed E-state index contributed by atoms with van der Waals surface area (Å²) in [7, 11) is 0. The smallest absolute Gasteiger partial charge is 0.305 e. The van der Waals surface area contributed by atoms with Crippen LogP contribution in [0, 0.1) is 13.7 Å². The van der Waals surface area contributed by atoms with E-state index < -0.39 is 10.9 Å². The second-order valence-corrected chi connectivity index (χ2v) is 6.72. The van der Waals surface area contributed by atoms with Crippen LogP contribution < -0.4 is 4.90 Å². The number of carbonyl (C=O) groups is 1. The zero-order chi connectivity index (χ0) is 14.7. The number of hydrogen-bond donors (Lipinski definition) is 1. The van der Waals surface area contributed by atoms with Crippen LogP contribution in [0.5, 0.6) is 0 Å².